The number of nitrogens with two attached hydrogens (primary N) is 1. The zero-order chi connectivity index (χ0) is 19.8. The van der Waals surface area contributed by atoms with E-state index in [2.05, 4.69) is 28.1 Å². The van der Waals surface area contributed by atoms with Gasteiger partial charge in [-0.25, -0.2) is 0 Å². The Morgan fingerprint density at radius 1 is 1.14 bits per heavy atom. The van der Waals surface area contributed by atoms with Crippen molar-refractivity contribution in [1.29, 1.82) is 0 Å². The van der Waals surface area contributed by atoms with Gasteiger partial charge in [-0.05, 0) is 29.1 Å². The van der Waals surface area contributed by atoms with E-state index in [0.717, 1.165) is 40.8 Å². The minimum absolute atomic E-state index is 0.171. The molecule has 0 bridgehead atoms. The predicted octanol–water partition coefficient (Wildman–Crippen LogP) is 4.12. The molecular formula is C23H21N3O2S. The van der Waals surface area contributed by atoms with Crippen LogP contribution in [0, 0.1) is 0 Å². The molecule has 3 heterocycles. The molecule has 0 spiro atoms. The van der Waals surface area contributed by atoms with Crippen molar-refractivity contribution in [2.45, 2.75) is 12.6 Å². The van der Waals surface area contributed by atoms with E-state index in [1.54, 1.807) is 0 Å². The number of pyridine rings is 1. The third-order valence-corrected chi connectivity index (χ3v) is 6.66. The number of amides is 1. The topological polar surface area (TPSA) is 68.5 Å². The number of rotatable bonds is 4. The van der Waals surface area contributed by atoms with Gasteiger partial charge in [0.25, 0.3) is 5.91 Å². The summed E-state index contributed by atoms with van der Waals surface area (Å²) in [4.78, 5) is 19.6. The lowest BCUT2D eigenvalue weighted by atomic mass is 10.0. The van der Waals surface area contributed by atoms with Gasteiger partial charge in [0.2, 0.25) is 0 Å². The number of hydrogen-bond donors (Lipinski definition) is 1. The Morgan fingerprint density at radius 3 is 2.90 bits per heavy atom. The third kappa shape index (κ3) is 3.40. The van der Waals surface area contributed by atoms with Gasteiger partial charge in [0, 0.05) is 41.5 Å². The van der Waals surface area contributed by atoms with Crippen LogP contribution in [-0.4, -0.2) is 35.5 Å². The molecule has 5 rings (SSSR count). The molecule has 0 aliphatic carbocycles. The number of thiophene rings is 1. The highest BCUT2D eigenvalue weighted by Crippen LogP contribution is 2.38. The average Bonchev–Trinajstić information content (AvgIpc) is 3.14. The van der Waals surface area contributed by atoms with E-state index in [4.69, 9.17) is 10.5 Å². The highest BCUT2D eigenvalue weighted by molar-refractivity contribution is 7.21. The van der Waals surface area contributed by atoms with Crippen LogP contribution in [0.5, 0.6) is 0 Å². The molecule has 1 aliphatic heterocycles. The van der Waals surface area contributed by atoms with Gasteiger partial charge in [-0.2, -0.15) is 0 Å². The van der Waals surface area contributed by atoms with Gasteiger partial charge in [0.15, 0.2) is 0 Å². The molecule has 0 radical (unpaired) electrons. The largest absolute Gasteiger partial charge is 0.371 e. The Kier molecular flexibility index (Phi) is 4.75. The number of benzene rings is 2. The zero-order valence-corrected chi connectivity index (χ0v) is 16.7. The smallest absolute Gasteiger partial charge is 0.259 e. The van der Waals surface area contributed by atoms with Gasteiger partial charge in [-0.1, -0.05) is 36.4 Å². The van der Waals surface area contributed by atoms with E-state index in [-0.39, 0.29) is 12.0 Å². The molecule has 2 aromatic heterocycles. The van der Waals surface area contributed by atoms with Crippen LogP contribution < -0.4 is 5.73 Å². The van der Waals surface area contributed by atoms with Crippen LogP contribution in [-0.2, 0) is 11.3 Å². The molecule has 1 aliphatic rings. The van der Waals surface area contributed by atoms with Gasteiger partial charge >= 0.3 is 0 Å². The molecule has 5 nitrogen and oxygen atoms in total. The lowest BCUT2D eigenvalue weighted by Crippen LogP contribution is -2.38. The summed E-state index contributed by atoms with van der Waals surface area (Å²) < 4.78 is 7.19. The number of carbonyl (C=O) groups excluding carboxylic acids is 1. The molecule has 2 aromatic carbocycles. The van der Waals surface area contributed by atoms with Crippen molar-refractivity contribution < 1.29 is 9.53 Å². The number of ether oxygens (including phenoxy) is 1. The van der Waals surface area contributed by atoms with Crippen molar-refractivity contribution in [2.75, 3.05) is 19.7 Å². The van der Waals surface area contributed by atoms with Gasteiger partial charge in [-0.15, -0.1) is 11.3 Å². The van der Waals surface area contributed by atoms with Crippen LogP contribution in [0.4, 0.5) is 0 Å². The van der Waals surface area contributed by atoms with E-state index in [9.17, 15) is 4.79 Å². The Balaban J connectivity index is 1.46. The molecule has 29 heavy (non-hydrogen) atoms. The van der Waals surface area contributed by atoms with Gasteiger partial charge < -0.3 is 10.5 Å². The van der Waals surface area contributed by atoms with Crippen LogP contribution in [0.1, 0.15) is 26.9 Å². The minimum atomic E-state index is -0.387. The number of hydrogen-bond acceptors (Lipinski definition) is 5. The molecule has 0 unspecified atom stereocenters. The quantitative estimate of drug-likeness (QED) is 0.556. The normalized spacial score (nSPS) is 17.7. The number of fused-ring (bicyclic) bond motifs is 2. The maximum atomic E-state index is 12.1. The first kappa shape index (κ1) is 18.2. The SMILES string of the molecule is NC(=O)c1sc2ccccc2c1[C@@H]1CN(Cc2cccc3ncccc23)CCO1. The first-order valence-corrected chi connectivity index (χ1v) is 10.5. The van der Waals surface area contributed by atoms with E-state index in [1.165, 1.54) is 22.3 Å². The maximum absolute atomic E-state index is 12.1. The zero-order valence-electron chi connectivity index (χ0n) is 15.9. The maximum Gasteiger partial charge on any atom is 0.259 e. The Morgan fingerprint density at radius 2 is 2.00 bits per heavy atom. The molecule has 1 saturated heterocycles. The van der Waals surface area contributed by atoms with Crippen LogP contribution in [0.25, 0.3) is 21.0 Å². The van der Waals surface area contributed by atoms with E-state index in [1.807, 2.05) is 42.6 Å². The molecule has 6 heteroatoms. The highest BCUT2D eigenvalue weighted by atomic mass is 32.1. The molecule has 0 saturated carbocycles. The van der Waals surface area contributed by atoms with E-state index < -0.39 is 0 Å². The molecule has 1 fully saturated rings. The van der Waals surface area contributed by atoms with Crippen molar-refractivity contribution in [3.63, 3.8) is 0 Å². The van der Waals surface area contributed by atoms with Crippen molar-refractivity contribution in [3.05, 3.63) is 76.8 Å². The van der Waals surface area contributed by atoms with Crippen LogP contribution in [0.2, 0.25) is 0 Å². The lowest BCUT2D eigenvalue weighted by Gasteiger charge is -2.33. The lowest BCUT2D eigenvalue weighted by molar-refractivity contribution is -0.0321. The summed E-state index contributed by atoms with van der Waals surface area (Å²) in [5, 5.41) is 2.24. The summed E-state index contributed by atoms with van der Waals surface area (Å²) in [5.41, 5.74) is 8.89. The standard InChI is InChI=1S/C23H21N3O2S/c24-23(27)22-21(17-6-1-2-9-20(17)29-22)19-14-26(11-12-28-19)13-15-5-3-8-18-16(15)7-4-10-25-18/h1-10,19H,11-14H2,(H2,24,27)/t19-/m0/s1. The van der Waals surface area contributed by atoms with E-state index in [0.29, 0.717) is 11.5 Å². The molecule has 146 valence electrons. The van der Waals surface area contributed by atoms with Crippen molar-refractivity contribution in [1.82, 2.24) is 9.88 Å². The average molecular weight is 404 g/mol. The number of aromatic nitrogens is 1. The number of carbonyl (C=O) groups is 1. The van der Waals surface area contributed by atoms with Gasteiger partial charge in [0.05, 0.1) is 23.1 Å². The Labute approximate surface area is 172 Å². The summed E-state index contributed by atoms with van der Waals surface area (Å²) in [6.45, 7) is 3.01. The summed E-state index contributed by atoms with van der Waals surface area (Å²) >= 11 is 1.45. The molecule has 4 aromatic rings. The van der Waals surface area contributed by atoms with Crippen LogP contribution >= 0.6 is 11.3 Å². The molecule has 1 atom stereocenters. The van der Waals surface area contributed by atoms with Crippen molar-refractivity contribution >= 4 is 38.2 Å². The number of morpholine rings is 1. The second kappa shape index (κ2) is 7.55. The molecule has 1 amide bonds. The fraction of sp³-hybridized carbons (Fsp3) is 0.217. The number of nitrogens with zero attached hydrogens (tertiary/aromatic N) is 2. The fourth-order valence-electron chi connectivity index (χ4n) is 4.13. The monoisotopic (exact) mass is 403 g/mol. The summed E-state index contributed by atoms with van der Waals surface area (Å²) in [6.07, 6.45) is 1.65. The first-order valence-electron chi connectivity index (χ1n) is 9.68. The second-order valence-electron chi connectivity index (χ2n) is 7.29. The van der Waals surface area contributed by atoms with Crippen LogP contribution in [0.15, 0.2) is 60.8 Å². The minimum Gasteiger partial charge on any atom is -0.371 e. The summed E-state index contributed by atoms with van der Waals surface area (Å²) in [5.74, 6) is -0.387. The van der Waals surface area contributed by atoms with Crippen molar-refractivity contribution in [2.24, 2.45) is 5.73 Å². The number of primary amides is 1. The van der Waals surface area contributed by atoms with Crippen LogP contribution in [0.3, 0.4) is 0 Å². The summed E-state index contributed by atoms with van der Waals surface area (Å²) in [7, 11) is 0. The Hall–Kier alpha value is -2.80. The molecular weight excluding hydrogens is 382 g/mol. The van der Waals surface area contributed by atoms with Crippen molar-refractivity contribution in [3.8, 4) is 0 Å². The Bertz CT molecular complexity index is 1200. The fourth-order valence-corrected chi connectivity index (χ4v) is 5.24. The predicted molar refractivity (Wildman–Crippen MR) is 116 cm³/mol. The second-order valence-corrected chi connectivity index (χ2v) is 8.34. The third-order valence-electron chi connectivity index (χ3n) is 5.46. The van der Waals surface area contributed by atoms with E-state index >= 15 is 0 Å². The summed E-state index contributed by atoms with van der Waals surface area (Å²) in [6, 6.07) is 18.4. The first-order chi connectivity index (χ1) is 14.2. The van der Waals surface area contributed by atoms with Gasteiger partial charge in [0.1, 0.15) is 0 Å². The van der Waals surface area contributed by atoms with Gasteiger partial charge in [-0.3, -0.25) is 14.7 Å². The molecule has 2 N–H and O–H groups in total. The highest BCUT2D eigenvalue weighted by Gasteiger charge is 2.29.